The number of nitrogens with zero attached hydrogens (tertiary/aromatic N) is 3. The third kappa shape index (κ3) is 5.14. The molecule has 0 unspecified atom stereocenters. The monoisotopic (exact) mass is 549 g/mol. The Kier molecular flexibility index (Phi) is 6.71. The van der Waals surface area contributed by atoms with E-state index in [0.29, 0.717) is 28.1 Å². The van der Waals surface area contributed by atoms with Crippen LogP contribution in [0.5, 0.6) is 11.5 Å². The molecule has 0 aliphatic carbocycles. The summed E-state index contributed by atoms with van der Waals surface area (Å²) in [6.07, 6.45) is 1.20. The van der Waals surface area contributed by atoms with Gasteiger partial charge in [0.2, 0.25) is 0 Å². The van der Waals surface area contributed by atoms with Crippen molar-refractivity contribution in [2.24, 2.45) is 0 Å². The average Bonchev–Trinajstić information content (AvgIpc) is 2.92. The fourth-order valence-electron chi connectivity index (χ4n) is 3.97. The first kappa shape index (κ1) is 25.8. The van der Waals surface area contributed by atoms with Crippen molar-refractivity contribution in [2.75, 3.05) is 17.1 Å². The molecule has 0 bridgehead atoms. The Balaban J connectivity index is 1.52. The van der Waals surface area contributed by atoms with Gasteiger partial charge < -0.3 is 15.2 Å². The fraction of sp³-hybridized carbons (Fsp3) is 0.0741. The van der Waals surface area contributed by atoms with Gasteiger partial charge in [-0.1, -0.05) is 12.1 Å². The zero-order chi connectivity index (χ0) is 27.7. The second-order valence-electron chi connectivity index (χ2n) is 8.48. The normalized spacial score (nSPS) is 11.4. The van der Waals surface area contributed by atoms with Crippen molar-refractivity contribution in [3.63, 3.8) is 0 Å². The van der Waals surface area contributed by atoms with Crippen molar-refractivity contribution in [1.82, 2.24) is 15.0 Å². The first-order chi connectivity index (χ1) is 18.7. The van der Waals surface area contributed by atoms with Gasteiger partial charge in [0.05, 0.1) is 28.9 Å². The Morgan fingerprint density at radius 2 is 1.79 bits per heavy atom. The summed E-state index contributed by atoms with van der Waals surface area (Å²) in [4.78, 5) is 12.7. The number of nitrogens with one attached hydrogen (secondary N) is 2. The van der Waals surface area contributed by atoms with Crippen molar-refractivity contribution >= 4 is 38.2 Å². The van der Waals surface area contributed by atoms with E-state index in [9.17, 15) is 17.9 Å². The van der Waals surface area contributed by atoms with Gasteiger partial charge in [-0.2, -0.15) is 0 Å². The number of aromatic hydroxyl groups is 1. The summed E-state index contributed by atoms with van der Waals surface area (Å²) in [6, 6.07) is 16.0. The number of rotatable bonds is 7. The molecule has 12 heteroatoms. The zero-order valence-electron chi connectivity index (χ0n) is 20.6. The third-order valence-corrected chi connectivity index (χ3v) is 7.40. The van der Waals surface area contributed by atoms with Crippen LogP contribution in [0.3, 0.4) is 0 Å². The maximum atomic E-state index is 15.5. The molecule has 2 aromatic heterocycles. The minimum Gasteiger partial charge on any atom is -0.508 e. The lowest BCUT2D eigenvalue weighted by Gasteiger charge is -2.15. The number of ether oxygens (including phenoxy) is 1. The highest BCUT2D eigenvalue weighted by molar-refractivity contribution is 7.92. The Morgan fingerprint density at radius 3 is 2.54 bits per heavy atom. The van der Waals surface area contributed by atoms with Crippen LogP contribution in [0.15, 0.2) is 78.0 Å². The Labute approximate surface area is 222 Å². The molecule has 2 heterocycles. The molecule has 198 valence electrons. The molecule has 0 fully saturated rings. The third-order valence-electron chi connectivity index (χ3n) is 5.87. The Hall–Kier alpha value is -4.84. The number of sulfonamides is 1. The quantitative estimate of drug-likeness (QED) is 0.242. The van der Waals surface area contributed by atoms with Crippen LogP contribution in [-0.2, 0) is 10.0 Å². The maximum absolute atomic E-state index is 15.5. The molecule has 0 radical (unpaired) electrons. The molecule has 9 nitrogen and oxygen atoms in total. The van der Waals surface area contributed by atoms with Crippen LogP contribution in [0.25, 0.3) is 22.3 Å². The lowest BCUT2D eigenvalue weighted by atomic mass is 10.1. The molecule has 0 spiro atoms. The van der Waals surface area contributed by atoms with Crippen LogP contribution in [0.1, 0.15) is 5.56 Å². The maximum Gasteiger partial charge on any atom is 0.262 e. The molecule has 0 saturated heterocycles. The van der Waals surface area contributed by atoms with E-state index in [2.05, 4.69) is 25.0 Å². The van der Waals surface area contributed by atoms with E-state index >= 15 is 4.39 Å². The Morgan fingerprint density at radius 1 is 0.974 bits per heavy atom. The van der Waals surface area contributed by atoms with E-state index in [4.69, 9.17) is 4.74 Å². The van der Waals surface area contributed by atoms with Crippen LogP contribution in [-0.4, -0.2) is 35.6 Å². The number of hydrogen-bond acceptors (Lipinski definition) is 8. The SMILES string of the molecule is COc1ccc(S(=O)(=O)Nc2ccc(F)c(Nc3ncnc4ccc(-c5cccc(O)c5)nc34)c2F)c(C)c1. The standard InChI is InChI=1S/C27H21F2N5O4S/c1-15-12-18(38-2)6-11-23(15)39(36,37)34-21-8-7-19(28)25(24(21)29)33-27-26-22(30-14-31-27)10-9-20(32-26)16-4-3-5-17(35)13-16/h3-14,34-35H,1-2H3,(H,30,31,33). The highest BCUT2D eigenvalue weighted by Gasteiger charge is 2.23. The van der Waals surface area contributed by atoms with Gasteiger partial charge in [0.15, 0.2) is 11.6 Å². The van der Waals surface area contributed by atoms with E-state index < -0.39 is 33.0 Å². The van der Waals surface area contributed by atoms with E-state index in [1.807, 2.05) is 0 Å². The van der Waals surface area contributed by atoms with Crippen LogP contribution < -0.4 is 14.8 Å². The largest absolute Gasteiger partial charge is 0.508 e. The number of anilines is 3. The molecule has 0 aliphatic heterocycles. The fourth-order valence-corrected chi connectivity index (χ4v) is 5.26. The van der Waals surface area contributed by atoms with Crippen LogP contribution >= 0.6 is 0 Å². The molecular weight excluding hydrogens is 528 g/mol. The van der Waals surface area contributed by atoms with Gasteiger partial charge in [-0.25, -0.2) is 32.2 Å². The number of benzene rings is 3. The summed E-state index contributed by atoms with van der Waals surface area (Å²) in [5, 5.41) is 12.4. The van der Waals surface area contributed by atoms with Gasteiger partial charge in [-0.15, -0.1) is 0 Å². The van der Waals surface area contributed by atoms with E-state index in [1.165, 1.54) is 43.8 Å². The number of aromatic nitrogens is 3. The number of pyridine rings is 1. The number of phenolic OH excluding ortho intramolecular Hbond substituents is 1. The summed E-state index contributed by atoms with van der Waals surface area (Å²) in [5.41, 5.74) is 0.944. The van der Waals surface area contributed by atoms with Gasteiger partial charge in [0.1, 0.15) is 34.8 Å². The van der Waals surface area contributed by atoms with Gasteiger partial charge >= 0.3 is 0 Å². The molecule has 0 saturated carbocycles. The molecule has 3 N–H and O–H groups in total. The smallest absolute Gasteiger partial charge is 0.262 e. The molecule has 0 amide bonds. The minimum absolute atomic E-state index is 0.00851. The van der Waals surface area contributed by atoms with Crippen molar-refractivity contribution in [3.8, 4) is 22.8 Å². The van der Waals surface area contributed by atoms with Crippen molar-refractivity contribution in [1.29, 1.82) is 0 Å². The molecule has 39 heavy (non-hydrogen) atoms. The molecule has 3 aromatic carbocycles. The molecule has 0 aliphatic rings. The topological polar surface area (TPSA) is 126 Å². The number of hydrogen-bond donors (Lipinski definition) is 3. The molecule has 5 aromatic rings. The highest BCUT2D eigenvalue weighted by atomic mass is 32.2. The van der Waals surface area contributed by atoms with Crippen LogP contribution in [0, 0.1) is 18.6 Å². The number of methoxy groups -OCH3 is 1. The van der Waals surface area contributed by atoms with Crippen LogP contribution in [0.4, 0.5) is 26.0 Å². The second kappa shape index (κ2) is 10.1. The Bertz CT molecular complexity index is 1830. The minimum atomic E-state index is -4.22. The summed E-state index contributed by atoms with van der Waals surface area (Å²) in [5.74, 6) is -1.66. The summed E-state index contributed by atoms with van der Waals surface area (Å²) < 4.78 is 63.7. The lowest BCUT2D eigenvalue weighted by molar-refractivity contribution is 0.414. The van der Waals surface area contributed by atoms with E-state index in [0.717, 1.165) is 12.1 Å². The number of aryl methyl sites for hydroxylation is 1. The van der Waals surface area contributed by atoms with E-state index in [1.54, 1.807) is 31.2 Å². The number of phenols is 1. The summed E-state index contributed by atoms with van der Waals surface area (Å²) in [7, 11) is -2.77. The first-order valence-electron chi connectivity index (χ1n) is 11.5. The van der Waals surface area contributed by atoms with Crippen molar-refractivity contribution < 1.29 is 27.0 Å². The summed E-state index contributed by atoms with van der Waals surface area (Å²) in [6.45, 7) is 1.57. The van der Waals surface area contributed by atoms with Gasteiger partial charge in [0.25, 0.3) is 10.0 Å². The van der Waals surface area contributed by atoms with Crippen LogP contribution in [0.2, 0.25) is 0 Å². The van der Waals surface area contributed by atoms with Gasteiger partial charge in [-0.05, 0) is 67.1 Å². The van der Waals surface area contributed by atoms with Crippen molar-refractivity contribution in [3.05, 3.63) is 90.3 Å². The highest BCUT2D eigenvalue weighted by Crippen LogP contribution is 2.33. The molecule has 0 atom stereocenters. The van der Waals surface area contributed by atoms with Gasteiger partial charge in [0, 0.05) is 5.56 Å². The molecular formula is C27H21F2N5O4S. The average molecular weight is 550 g/mol. The molecule has 5 rings (SSSR count). The second-order valence-corrected chi connectivity index (χ2v) is 10.1. The number of halogens is 2. The first-order valence-corrected chi connectivity index (χ1v) is 13.0. The summed E-state index contributed by atoms with van der Waals surface area (Å²) >= 11 is 0. The van der Waals surface area contributed by atoms with Gasteiger partial charge in [-0.3, -0.25) is 4.72 Å². The zero-order valence-corrected chi connectivity index (χ0v) is 21.4. The predicted octanol–water partition coefficient (Wildman–Crippen LogP) is 5.54. The van der Waals surface area contributed by atoms with E-state index in [-0.39, 0.29) is 22.0 Å². The lowest BCUT2D eigenvalue weighted by Crippen LogP contribution is -2.16. The van der Waals surface area contributed by atoms with Crippen molar-refractivity contribution in [2.45, 2.75) is 11.8 Å². The predicted molar refractivity (Wildman–Crippen MR) is 143 cm³/mol. The number of fused-ring (bicyclic) bond motifs is 1.